The standard InChI is InChI=1S/C16H15N3O2/c1-2-11-4-5-20-16(11)13(3-1)14(15-8-17-9-19-15)6-12-7-18-10-21-12/h1-3,7-10,14H,4-6H2,(H,17,19). The second kappa shape index (κ2) is 5.09. The van der Waals surface area contributed by atoms with Gasteiger partial charge in [-0.15, -0.1) is 0 Å². The maximum atomic E-state index is 5.85. The van der Waals surface area contributed by atoms with E-state index in [4.69, 9.17) is 9.15 Å². The Labute approximate surface area is 122 Å². The highest BCUT2D eigenvalue weighted by molar-refractivity contribution is 5.48. The second-order valence-electron chi connectivity index (χ2n) is 5.17. The molecule has 3 aromatic rings. The van der Waals surface area contributed by atoms with Crippen LogP contribution in [0.2, 0.25) is 0 Å². The lowest BCUT2D eigenvalue weighted by Crippen LogP contribution is -2.07. The van der Waals surface area contributed by atoms with Crippen molar-refractivity contribution in [2.45, 2.75) is 18.8 Å². The number of benzene rings is 1. The first-order chi connectivity index (χ1) is 10.4. The van der Waals surface area contributed by atoms with E-state index in [2.05, 4.69) is 33.2 Å². The summed E-state index contributed by atoms with van der Waals surface area (Å²) in [5.41, 5.74) is 3.50. The number of aromatic amines is 1. The molecule has 1 aliphatic rings. The van der Waals surface area contributed by atoms with Gasteiger partial charge in [0.1, 0.15) is 11.5 Å². The molecule has 0 spiro atoms. The number of H-pyrrole nitrogens is 1. The van der Waals surface area contributed by atoms with Gasteiger partial charge in [0.15, 0.2) is 6.39 Å². The number of oxazole rings is 1. The molecule has 0 saturated carbocycles. The van der Waals surface area contributed by atoms with Crippen molar-refractivity contribution in [1.82, 2.24) is 15.0 Å². The molecule has 5 nitrogen and oxygen atoms in total. The van der Waals surface area contributed by atoms with E-state index in [1.54, 1.807) is 12.5 Å². The number of ether oxygens (including phenoxy) is 1. The smallest absolute Gasteiger partial charge is 0.180 e. The molecule has 3 heterocycles. The molecule has 0 bridgehead atoms. The fraction of sp³-hybridized carbons (Fsp3) is 0.250. The average Bonchev–Trinajstić information content (AvgIpc) is 3.24. The van der Waals surface area contributed by atoms with Crippen LogP contribution in [0.4, 0.5) is 0 Å². The summed E-state index contributed by atoms with van der Waals surface area (Å²) in [6.45, 7) is 0.754. The molecule has 4 rings (SSSR count). The number of fused-ring (bicyclic) bond motifs is 1. The fourth-order valence-electron chi connectivity index (χ4n) is 2.90. The van der Waals surface area contributed by atoms with Gasteiger partial charge in [0, 0.05) is 36.2 Å². The summed E-state index contributed by atoms with van der Waals surface area (Å²) >= 11 is 0. The van der Waals surface area contributed by atoms with Crippen molar-refractivity contribution in [3.05, 3.63) is 65.9 Å². The van der Waals surface area contributed by atoms with Crippen molar-refractivity contribution in [3.63, 3.8) is 0 Å². The summed E-state index contributed by atoms with van der Waals surface area (Å²) in [5, 5.41) is 0. The van der Waals surface area contributed by atoms with Gasteiger partial charge >= 0.3 is 0 Å². The summed E-state index contributed by atoms with van der Waals surface area (Å²) in [5.74, 6) is 1.98. The third-order valence-corrected chi connectivity index (χ3v) is 3.90. The Balaban J connectivity index is 1.78. The molecular formula is C16H15N3O2. The number of rotatable bonds is 4. The maximum Gasteiger partial charge on any atom is 0.180 e. The number of aromatic nitrogens is 3. The lowest BCUT2D eigenvalue weighted by atomic mass is 9.90. The Morgan fingerprint density at radius 1 is 1.24 bits per heavy atom. The van der Waals surface area contributed by atoms with Crippen LogP contribution in [-0.2, 0) is 12.8 Å². The highest BCUT2D eigenvalue weighted by Gasteiger charge is 2.25. The molecular weight excluding hydrogens is 266 g/mol. The predicted molar refractivity (Wildman–Crippen MR) is 76.3 cm³/mol. The Morgan fingerprint density at radius 2 is 2.24 bits per heavy atom. The SMILES string of the molecule is c1cc2c(c(C(Cc3cnco3)c3cnc[nH]3)c1)OCC2. The van der Waals surface area contributed by atoms with E-state index in [1.165, 1.54) is 17.5 Å². The minimum Gasteiger partial charge on any atom is -0.493 e. The molecule has 106 valence electrons. The van der Waals surface area contributed by atoms with Gasteiger partial charge in [-0.3, -0.25) is 0 Å². The van der Waals surface area contributed by atoms with E-state index in [-0.39, 0.29) is 5.92 Å². The molecule has 2 aromatic heterocycles. The molecule has 1 aliphatic heterocycles. The monoisotopic (exact) mass is 281 g/mol. The number of hydrogen-bond acceptors (Lipinski definition) is 4. The van der Waals surface area contributed by atoms with Crippen LogP contribution >= 0.6 is 0 Å². The molecule has 0 amide bonds. The normalized spacial score (nSPS) is 14.7. The lowest BCUT2D eigenvalue weighted by molar-refractivity contribution is 0.351. The summed E-state index contributed by atoms with van der Waals surface area (Å²) < 4.78 is 11.3. The van der Waals surface area contributed by atoms with Gasteiger partial charge in [0.2, 0.25) is 0 Å². The first-order valence-corrected chi connectivity index (χ1v) is 7.02. The van der Waals surface area contributed by atoms with Gasteiger partial charge in [-0.25, -0.2) is 9.97 Å². The van der Waals surface area contributed by atoms with Gasteiger partial charge < -0.3 is 14.1 Å². The molecule has 21 heavy (non-hydrogen) atoms. The molecule has 0 fully saturated rings. The summed E-state index contributed by atoms with van der Waals surface area (Å²) in [6, 6.07) is 6.34. The van der Waals surface area contributed by atoms with Crippen LogP contribution in [0.1, 0.15) is 28.5 Å². The molecule has 1 aromatic carbocycles. The number of nitrogens with one attached hydrogen (secondary N) is 1. The largest absolute Gasteiger partial charge is 0.493 e. The number of imidazole rings is 1. The first-order valence-electron chi connectivity index (χ1n) is 7.02. The zero-order valence-electron chi connectivity index (χ0n) is 11.5. The van der Waals surface area contributed by atoms with E-state index >= 15 is 0 Å². The quantitative estimate of drug-likeness (QED) is 0.798. The fourth-order valence-corrected chi connectivity index (χ4v) is 2.90. The zero-order valence-corrected chi connectivity index (χ0v) is 11.5. The van der Waals surface area contributed by atoms with Crippen LogP contribution in [0, 0.1) is 0 Å². The second-order valence-corrected chi connectivity index (χ2v) is 5.17. The van der Waals surface area contributed by atoms with E-state index in [0.29, 0.717) is 0 Å². The van der Waals surface area contributed by atoms with Crippen LogP contribution < -0.4 is 4.74 Å². The highest BCUT2D eigenvalue weighted by Crippen LogP contribution is 2.38. The number of para-hydroxylation sites is 1. The van der Waals surface area contributed by atoms with Crippen molar-refractivity contribution in [1.29, 1.82) is 0 Å². The molecule has 0 saturated heterocycles. The van der Waals surface area contributed by atoms with Crippen LogP contribution in [-0.4, -0.2) is 21.6 Å². The summed E-state index contributed by atoms with van der Waals surface area (Å²) in [7, 11) is 0. The molecule has 1 N–H and O–H groups in total. The summed E-state index contributed by atoms with van der Waals surface area (Å²) in [6.07, 6.45) is 8.48. The topological polar surface area (TPSA) is 63.9 Å². The van der Waals surface area contributed by atoms with Gasteiger partial charge in [0.05, 0.1) is 19.1 Å². The minimum atomic E-state index is 0.119. The van der Waals surface area contributed by atoms with Crippen molar-refractivity contribution < 1.29 is 9.15 Å². The first kappa shape index (κ1) is 12.2. The van der Waals surface area contributed by atoms with Crippen LogP contribution in [0.5, 0.6) is 5.75 Å². The van der Waals surface area contributed by atoms with Crippen molar-refractivity contribution in [2.24, 2.45) is 0 Å². The van der Waals surface area contributed by atoms with Gasteiger partial charge in [0.25, 0.3) is 0 Å². The Kier molecular flexibility index (Phi) is 2.96. The highest BCUT2D eigenvalue weighted by atomic mass is 16.5. The number of nitrogens with zero attached hydrogens (tertiary/aromatic N) is 2. The maximum absolute atomic E-state index is 5.85. The van der Waals surface area contributed by atoms with Gasteiger partial charge in [-0.1, -0.05) is 18.2 Å². The summed E-state index contributed by atoms with van der Waals surface area (Å²) in [4.78, 5) is 11.4. The van der Waals surface area contributed by atoms with E-state index < -0.39 is 0 Å². The van der Waals surface area contributed by atoms with Crippen molar-refractivity contribution >= 4 is 0 Å². The van der Waals surface area contributed by atoms with Crippen molar-refractivity contribution in [3.8, 4) is 5.75 Å². The van der Waals surface area contributed by atoms with Gasteiger partial charge in [-0.05, 0) is 5.56 Å². The van der Waals surface area contributed by atoms with Crippen LogP contribution in [0.25, 0.3) is 0 Å². The van der Waals surface area contributed by atoms with E-state index in [9.17, 15) is 0 Å². The molecule has 0 radical (unpaired) electrons. The lowest BCUT2D eigenvalue weighted by Gasteiger charge is -2.17. The van der Waals surface area contributed by atoms with Crippen LogP contribution in [0.3, 0.4) is 0 Å². The molecule has 1 unspecified atom stereocenters. The predicted octanol–water partition coefficient (Wildman–Crippen LogP) is 2.71. The minimum absolute atomic E-state index is 0.119. The number of hydrogen-bond donors (Lipinski definition) is 1. The molecule has 5 heteroatoms. The Morgan fingerprint density at radius 3 is 3.05 bits per heavy atom. The van der Waals surface area contributed by atoms with Crippen molar-refractivity contribution in [2.75, 3.05) is 6.61 Å². The average molecular weight is 281 g/mol. The zero-order chi connectivity index (χ0) is 14.1. The van der Waals surface area contributed by atoms with Crippen LogP contribution in [0.15, 0.2) is 47.7 Å². The molecule has 0 aliphatic carbocycles. The van der Waals surface area contributed by atoms with E-state index in [0.717, 1.165) is 36.7 Å². The molecule has 1 atom stereocenters. The van der Waals surface area contributed by atoms with E-state index in [1.807, 2.05) is 6.20 Å². The third kappa shape index (κ3) is 2.20. The third-order valence-electron chi connectivity index (χ3n) is 3.90. The Hall–Kier alpha value is -2.56. The Bertz CT molecular complexity index is 720. The van der Waals surface area contributed by atoms with Gasteiger partial charge in [-0.2, -0.15) is 0 Å².